The van der Waals surface area contributed by atoms with Crippen LogP contribution >= 0.6 is 11.6 Å². The van der Waals surface area contributed by atoms with Crippen LogP contribution in [0, 0.1) is 0 Å². The molecular formula is C2H4ClN3O. The Labute approximate surface area is 45.3 Å². The van der Waals surface area contributed by atoms with Crippen molar-refractivity contribution in [1.29, 1.82) is 0 Å². The molecule has 0 amide bonds. The molecule has 7 heavy (non-hydrogen) atoms. The van der Waals surface area contributed by atoms with E-state index in [-0.39, 0.29) is 5.88 Å². The predicted molar refractivity (Wildman–Crippen MR) is 25.9 cm³/mol. The summed E-state index contributed by atoms with van der Waals surface area (Å²) < 4.78 is 0. The van der Waals surface area contributed by atoms with Crippen molar-refractivity contribution in [2.45, 2.75) is 6.23 Å². The third kappa shape index (κ3) is 3.39. The fourth-order valence-corrected chi connectivity index (χ4v) is 0.152. The zero-order chi connectivity index (χ0) is 5.70. The monoisotopic (exact) mass is 121 g/mol. The van der Waals surface area contributed by atoms with Crippen LogP contribution < -0.4 is 0 Å². The van der Waals surface area contributed by atoms with Crippen molar-refractivity contribution in [3.8, 4) is 0 Å². The lowest BCUT2D eigenvalue weighted by atomic mass is 10.7. The summed E-state index contributed by atoms with van der Waals surface area (Å²) in [5.74, 6) is -0.0515. The maximum atomic E-state index is 8.31. The van der Waals surface area contributed by atoms with E-state index in [0.717, 1.165) is 0 Å². The van der Waals surface area contributed by atoms with Crippen LogP contribution in [-0.4, -0.2) is 17.2 Å². The molecule has 0 radical (unpaired) electrons. The van der Waals surface area contributed by atoms with Crippen molar-refractivity contribution >= 4 is 11.6 Å². The van der Waals surface area contributed by atoms with Gasteiger partial charge in [0.05, 0.1) is 5.88 Å². The number of hydrogen-bond donors (Lipinski definition) is 1. The summed E-state index contributed by atoms with van der Waals surface area (Å²) in [4.78, 5) is 2.30. The van der Waals surface area contributed by atoms with E-state index < -0.39 is 6.23 Å². The molecule has 0 aromatic heterocycles. The van der Waals surface area contributed by atoms with E-state index in [1.54, 1.807) is 0 Å². The standard InChI is InChI=1S/C2H4ClN3O/c3-1-2(7)5-6-4/h2,7H,1H2. The zero-order valence-electron chi connectivity index (χ0n) is 3.45. The van der Waals surface area contributed by atoms with Crippen molar-refractivity contribution in [3.63, 3.8) is 0 Å². The molecule has 0 aromatic rings. The van der Waals surface area contributed by atoms with Gasteiger partial charge in [0.15, 0.2) is 0 Å². The van der Waals surface area contributed by atoms with Crippen molar-refractivity contribution in [1.82, 2.24) is 0 Å². The van der Waals surface area contributed by atoms with Gasteiger partial charge in [0.2, 0.25) is 0 Å². The number of azide groups is 1. The van der Waals surface area contributed by atoms with Crippen molar-refractivity contribution in [2.75, 3.05) is 5.88 Å². The second kappa shape index (κ2) is 3.74. The molecule has 40 valence electrons. The second-order valence-corrected chi connectivity index (χ2v) is 1.15. The van der Waals surface area contributed by atoms with E-state index in [2.05, 4.69) is 10.0 Å². The van der Waals surface area contributed by atoms with E-state index in [9.17, 15) is 0 Å². The number of halogens is 1. The van der Waals surface area contributed by atoms with Crippen LogP contribution in [0.2, 0.25) is 0 Å². The minimum atomic E-state index is -1.08. The highest BCUT2D eigenvalue weighted by Gasteiger charge is 1.91. The minimum absolute atomic E-state index is 0.0515. The molecule has 1 atom stereocenters. The molecular weight excluding hydrogens is 117 g/mol. The molecule has 1 N–H and O–H groups in total. The summed E-state index contributed by atoms with van der Waals surface area (Å²) in [7, 11) is 0. The molecule has 5 heteroatoms. The first kappa shape index (κ1) is 6.56. The zero-order valence-corrected chi connectivity index (χ0v) is 4.21. The molecule has 0 aliphatic heterocycles. The van der Waals surface area contributed by atoms with Gasteiger partial charge >= 0.3 is 0 Å². The van der Waals surface area contributed by atoms with Gasteiger partial charge in [-0.15, -0.1) is 11.6 Å². The van der Waals surface area contributed by atoms with Crippen LogP contribution in [0.15, 0.2) is 5.11 Å². The fourth-order valence-electron chi connectivity index (χ4n) is 0.0905. The largest absolute Gasteiger partial charge is 0.386 e. The van der Waals surface area contributed by atoms with Crippen molar-refractivity contribution in [3.05, 3.63) is 10.4 Å². The maximum absolute atomic E-state index is 8.31. The quantitative estimate of drug-likeness (QED) is 0.250. The highest BCUT2D eigenvalue weighted by Crippen LogP contribution is 1.87. The molecule has 0 heterocycles. The van der Waals surface area contributed by atoms with Crippen LogP contribution in [-0.2, 0) is 0 Å². The average Bonchev–Trinajstić information content (AvgIpc) is 1.68. The van der Waals surface area contributed by atoms with Gasteiger partial charge in [-0.2, -0.15) is 0 Å². The summed E-state index contributed by atoms with van der Waals surface area (Å²) in [5, 5.41) is 11.2. The normalized spacial score (nSPS) is 12.3. The Morgan fingerprint density at radius 2 is 2.57 bits per heavy atom. The summed E-state index contributed by atoms with van der Waals surface area (Å²) >= 11 is 5.02. The highest BCUT2D eigenvalue weighted by atomic mass is 35.5. The van der Waals surface area contributed by atoms with Gasteiger partial charge < -0.3 is 5.11 Å². The van der Waals surface area contributed by atoms with E-state index in [0.29, 0.717) is 0 Å². The van der Waals surface area contributed by atoms with E-state index in [4.69, 9.17) is 22.2 Å². The molecule has 0 saturated carbocycles. The third-order valence-corrected chi connectivity index (χ3v) is 0.599. The van der Waals surface area contributed by atoms with E-state index in [1.807, 2.05) is 0 Å². The van der Waals surface area contributed by atoms with Gasteiger partial charge in [-0.1, -0.05) is 5.11 Å². The van der Waals surface area contributed by atoms with Crippen LogP contribution in [0.1, 0.15) is 0 Å². The molecule has 0 aliphatic rings. The van der Waals surface area contributed by atoms with Crippen LogP contribution in [0.3, 0.4) is 0 Å². The number of alkyl halides is 1. The summed E-state index contributed by atoms with van der Waals surface area (Å²) in [5.41, 5.74) is 7.61. The first-order chi connectivity index (χ1) is 3.31. The molecule has 4 nitrogen and oxygen atoms in total. The smallest absolute Gasteiger partial charge is 0.146 e. The summed E-state index contributed by atoms with van der Waals surface area (Å²) in [6.45, 7) is 0. The number of hydrogen-bond acceptors (Lipinski definition) is 2. The first-order valence-electron chi connectivity index (χ1n) is 1.59. The Kier molecular flexibility index (Phi) is 3.50. The highest BCUT2D eigenvalue weighted by molar-refractivity contribution is 6.18. The lowest BCUT2D eigenvalue weighted by Gasteiger charge is -1.89. The summed E-state index contributed by atoms with van der Waals surface area (Å²) in [6, 6.07) is 0. The number of aliphatic hydroxyl groups excluding tert-OH is 1. The SMILES string of the molecule is [N-]=[N+]=NC(O)CCl. The molecule has 0 rings (SSSR count). The lowest BCUT2D eigenvalue weighted by Crippen LogP contribution is -2.00. The van der Waals surface area contributed by atoms with E-state index >= 15 is 0 Å². The topological polar surface area (TPSA) is 69.0 Å². The Morgan fingerprint density at radius 1 is 2.00 bits per heavy atom. The van der Waals surface area contributed by atoms with E-state index in [1.165, 1.54) is 0 Å². The molecule has 0 aromatic carbocycles. The van der Waals surface area contributed by atoms with Crippen molar-refractivity contribution < 1.29 is 5.11 Å². The molecule has 0 aliphatic carbocycles. The van der Waals surface area contributed by atoms with Crippen molar-refractivity contribution in [2.24, 2.45) is 5.11 Å². The Balaban J connectivity index is 3.35. The summed E-state index contributed by atoms with van der Waals surface area (Å²) in [6.07, 6.45) is -1.08. The Morgan fingerprint density at radius 3 is 2.71 bits per heavy atom. The molecule has 0 saturated heterocycles. The second-order valence-electron chi connectivity index (χ2n) is 0.840. The minimum Gasteiger partial charge on any atom is -0.386 e. The lowest BCUT2D eigenvalue weighted by molar-refractivity contribution is 0.206. The predicted octanol–water partition coefficient (Wildman–Crippen LogP) is 0.854. The third-order valence-electron chi connectivity index (χ3n) is 0.323. The molecule has 1 unspecified atom stereocenters. The van der Waals surface area contributed by atoms with Gasteiger partial charge in [-0.3, -0.25) is 0 Å². The Bertz CT molecular complexity index is 88.9. The first-order valence-corrected chi connectivity index (χ1v) is 2.13. The number of rotatable bonds is 2. The average molecular weight is 122 g/mol. The van der Waals surface area contributed by atoms with Gasteiger partial charge in [-0.25, -0.2) is 0 Å². The van der Waals surface area contributed by atoms with Crippen LogP contribution in [0.25, 0.3) is 10.4 Å². The number of aliphatic hydroxyl groups is 1. The molecule has 0 fully saturated rings. The maximum Gasteiger partial charge on any atom is 0.146 e. The van der Waals surface area contributed by atoms with Gasteiger partial charge in [0.25, 0.3) is 0 Å². The van der Waals surface area contributed by atoms with Crippen LogP contribution in [0.4, 0.5) is 0 Å². The van der Waals surface area contributed by atoms with Gasteiger partial charge in [0.1, 0.15) is 6.23 Å². The molecule has 0 bridgehead atoms. The van der Waals surface area contributed by atoms with Gasteiger partial charge in [0, 0.05) is 4.91 Å². The number of nitrogens with zero attached hydrogens (tertiary/aromatic N) is 3. The fraction of sp³-hybridized carbons (Fsp3) is 1.00. The van der Waals surface area contributed by atoms with Gasteiger partial charge in [-0.05, 0) is 5.53 Å². The van der Waals surface area contributed by atoms with Crippen LogP contribution in [0.5, 0.6) is 0 Å². The molecule has 0 spiro atoms. The Hall–Kier alpha value is -0.440.